The summed E-state index contributed by atoms with van der Waals surface area (Å²) in [4.78, 5) is 24.2. The van der Waals surface area contributed by atoms with Crippen LogP contribution in [0, 0.1) is 0 Å². The summed E-state index contributed by atoms with van der Waals surface area (Å²) in [5.41, 5.74) is 3.83. The molecule has 10 nitrogen and oxygen atoms in total. The van der Waals surface area contributed by atoms with Crippen LogP contribution in [-0.4, -0.2) is 50.8 Å². The number of nitrogens with one attached hydrogen (secondary N) is 1. The third-order valence-corrected chi connectivity index (χ3v) is 7.35. The molecule has 1 fully saturated rings. The van der Waals surface area contributed by atoms with Crippen molar-refractivity contribution >= 4 is 35.1 Å². The van der Waals surface area contributed by atoms with Gasteiger partial charge in [0, 0.05) is 0 Å². The van der Waals surface area contributed by atoms with E-state index in [1.54, 1.807) is 10.9 Å². The highest BCUT2D eigenvalue weighted by atomic mass is 35.5. The van der Waals surface area contributed by atoms with Crippen molar-refractivity contribution in [2.24, 2.45) is 0 Å². The number of rotatable bonds is 13. The van der Waals surface area contributed by atoms with E-state index in [0.717, 1.165) is 16.7 Å². The summed E-state index contributed by atoms with van der Waals surface area (Å²) >= 11 is 6.40. The van der Waals surface area contributed by atoms with Crippen LogP contribution in [0.3, 0.4) is 0 Å². The Morgan fingerprint density at radius 1 is 0.814 bits per heavy atom. The van der Waals surface area contributed by atoms with Crippen LogP contribution in [0.5, 0.6) is 0 Å². The normalized spacial score (nSPS) is 19.9. The molecule has 220 valence electrons. The first-order valence-corrected chi connectivity index (χ1v) is 14.3. The van der Waals surface area contributed by atoms with E-state index in [2.05, 4.69) is 20.3 Å². The summed E-state index contributed by atoms with van der Waals surface area (Å²) in [5, 5.41) is 2.56. The van der Waals surface area contributed by atoms with E-state index in [0.29, 0.717) is 37.4 Å². The Hall–Kier alpha value is -4.19. The smallest absolute Gasteiger partial charge is 0.232 e. The third kappa shape index (κ3) is 6.90. The lowest BCUT2D eigenvalue weighted by molar-refractivity contribution is -0.105. The van der Waals surface area contributed by atoms with Crippen molar-refractivity contribution in [3.8, 4) is 0 Å². The number of anilines is 1. The minimum absolute atomic E-state index is 0.0497. The average Bonchev–Trinajstić information content (AvgIpc) is 3.62. The number of hydrogen-bond acceptors (Lipinski definition) is 8. The molecule has 6 rings (SSSR count). The molecule has 1 amide bonds. The monoisotopic (exact) mass is 599 g/mol. The molecule has 1 saturated heterocycles. The van der Waals surface area contributed by atoms with E-state index in [9.17, 15) is 4.79 Å². The van der Waals surface area contributed by atoms with Gasteiger partial charge < -0.3 is 18.9 Å². The zero-order valence-corrected chi connectivity index (χ0v) is 23.9. The molecule has 43 heavy (non-hydrogen) atoms. The molecule has 2 aromatic heterocycles. The molecule has 11 heteroatoms. The molecule has 0 aliphatic carbocycles. The fourth-order valence-corrected chi connectivity index (χ4v) is 5.24. The topological polar surface area (TPSA) is 110 Å². The first-order chi connectivity index (χ1) is 21.2. The zero-order valence-electron chi connectivity index (χ0n) is 23.2. The molecular weight excluding hydrogens is 570 g/mol. The highest BCUT2D eigenvalue weighted by molar-refractivity contribution is 6.33. The van der Waals surface area contributed by atoms with Gasteiger partial charge in [0.25, 0.3) is 0 Å². The summed E-state index contributed by atoms with van der Waals surface area (Å²) in [6.07, 6.45) is -0.199. The van der Waals surface area contributed by atoms with Gasteiger partial charge in [0.2, 0.25) is 12.4 Å². The standard InChI is InChI=1S/C32H30ClN5O5/c33-29-26-30(37-32(36-29)35-21-39)38(20-34-26)31-28(42-18-24-14-8-3-9-15-24)27(41-17-23-12-6-2-7-13-23)25(43-31)19-40-16-22-10-4-1-5-11-22/h1-15,20-21,25,27-28,31H,16-19H2,(H,35,36,37,39)/t25-,27+,28+,31-/m1/s1. The van der Waals surface area contributed by atoms with Crippen molar-refractivity contribution in [3.05, 3.63) is 119 Å². The van der Waals surface area contributed by atoms with E-state index >= 15 is 0 Å². The Morgan fingerprint density at radius 2 is 1.40 bits per heavy atom. The molecule has 1 aliphatic rings. The van der Waals surface area contributed by atoms with Crippen LogP contribution in [-0.2, 0) is 43.6 Å². The van der Waals surface area contributed by atoms with Gasteiger partial charge in [-0.2, -0.15) is 9.97 Å². The molecule has 0 unspecified atom stereocenters. The van der Waals surface area contributed by atoms with Crippen LogP contribution in [0.1, 0.15) is 22.9 Å². The fourth-order valence-electron chi connectivity index (χ4n) is 5.03. The number of nitrogens with zero attached hydrogens (tertiary/aromatic N) is 4. The lowest BCUT2D eigenvalue weighted by atomic mass is 10.1. The molecule has 0 bridgehead atoms. The number of aromatic nitrogens is 4. The number of halogens is 1. The highest BCUT2D eigenvalue weighted by Crippen LogP contribution is 2.37. The summed E-state index contributed by atoms with van der Waals surface area (Å²) in [6, 6.07) is 29.8. The minimum Gasteiger partial charge on any atom is -0.374 e. The summed E-state index contributed by atoms with van der Waals surface area (Å²) in [6.45, 7) is 1.36. The molecule has 1 aliphatic heterocycles. The number of benzene rings is 3. The Labute approximate surface area is 253 Å². The first-order valence-electron chi connectivity index (χ1n) is 13.9. The Morgan fingerprint density at radius 3 is 2.00 bits per heavy atom. The van der Waals surface area contributed by atoms with Crippen LogP contribution in [0.4, 0.5) is 5.95 Å². The molecule has 0 saturated carbocycles. The van der Waals surface area contributed by atoms with Crippen molar-refractivity contribution in [1.29, 1.82) is 0 Å². The number of fused-ring (bicyclic) bond motifs is 1. The van der Waals surface area contributed by atoms with Crippen LogP contribution in [0.25, 0.3) is 11.2 Å². The second kappa shape index (κ2) is 13.9. The van der Waals surface area contributed by atoms with Gasteiger partial charge in [-0.1, -0.05) is 103 Å². The van der Waals surface area contributed by atoms with Crippen molar-refractivity contribution in [1.82, 2.24) is 19.5 Å². The SMILES string of the molecule is O=CNc1nc(Cl)c2ncn([C@@H]3O[C@H](COCc4ccccc4)[C@H](OCc4ccccc4)[C@@H]3OCc3ccccc3)c2n1. The maximum absolute atomic E-state index is 11.1. The molecule has 3 heterocycles. The number of carbonyl (C=O) groups excluding carboxylic acids is 1. The third-order valence-electron chi connectivity index (χ3n) is 7.09. The lowest BCUT2D eigenvalue weighted by Crippen LogP contribution is -2.38. The molecule has 1 N–H and O–H groups in total. The maximum atomic E-state index is 11.1. The second-order valence-electron chi connectivity index (χ2n) is 10.0. The van der Waals surface area contributed by atoms with Gasteiger partial charge in [-0.3, -0.25) is 14.7 Å². The molecular formula is C32H30ClN5O5. The van der Waals surface area contributed by atoms with E-state index in [1.165, 1.54) is 0 Å². The fraction of sp³-hybridized carbons (Fsp3) is 0.250. The van der Waals surface area contributed by atoms with Gasteiger partial charge in [0.15, 0.2) is 17.0 Å². The minimum atomic E-state index is -0.699. The number of amides is 1. The number of ether oxygens (including phenoxy) is 4. The molecule has 4 atom stereocenters. The molecule has 0 radical (unpaired) electrons. The predicted molar refractivity (Wildman–Crippen MR) is 160 cm³/mol. The molecule has 3 aromatic carbocycles. The van der Waals surface area contributed by atoms with Crippen LogP contribution < -0.4 is 5.32 Å². The number of carbonyl (C=O) groups is 1. The van der Waals surface area contributed by atoms with Crippen molar-refractivity contribution in [2.45, 2.75) is 44.4 Å². The van der Waals surface area contributed by atoms with E-state index in [1.807, 2.05) is 91.0 Å². The van der Waals surface area contributed by atoms with E-state index in [4.69, 9.17) is 30.5 Å². The van der Waals surface area contributed by atoms with Crippen molar-refractivity contribution in [3.63, 3.8) is 0 Å². The van der Waals surface area contributed by atoms with Gasteiger partial charge in [0.05, 0.1) is 32.8 Å². The number of hydrogen-bond donors (Lipinski definition) is 1. The second-order valence-corrected chi connectivity index (χ2v) is 10.4. The Kier molecular flexibility index (Phi) is 9.31. The van der Waals surface area contributed by atoms with Gasteiger partial charge in [-0.15, -0.1) is 0 Å². The van der Waals surface area contributed by atoms with Gasteiger partial charge in [0.1, 0.15) is 23.8 Å². The van der Waals surface area contributed by atoms with E-state index < -0.39 is 24.5 Å². The Bertz CT molecular complexity index is 1620. The van der Waals surface area contributed by atoms with Gasteiger partial charge in [-0.05, 0) is 16.7 Å². The van der Waals surface area contributed by atoms with Crippen LogP contribution in [0.2, 0.25) is 5.15 Å². The van der Waals surface area contributed by atoms with Crippen LogP contribution >= 0.6 is 11.6 Å². The van der Waals surface area contributed by atoms with Gasteiger partial charge in [-0.25, -0.2) is 4.98 Å². The van der Waals surface area contributed by atoms with Crippen molar-refractivity contribution in [2.75, 3.05) is 11.9 Å². The largest absolute Gasteiger partial charge is 0.374 e. The molecule has 5 aromatic rings. The number of imidazole rings is 1. The first kappa shape index (κ1) is 28.9. The molecule has 0 spiro atoms. The quantitative estimate of drug-likeness (QED) is 0.143. The van der Waals surface area contributed by atoms with Crippen LogP contribution in [0.15, 0.2) is 97.3 Å². The predicted octanol–water partition coefficient (Wildman–Crippen LogP) is 5.33. The summed E-state index contributed by atoms with van der Waals surface area (Å²) < 4.78 is 27.7. The highest BCUT2D eigenvalue weighted by Gasteiger charge is 2.48. The van der Waals surface area contributed by atoms with E-state index in [-0.39, 0.29) is 17.7 Å². The zero-order chi connectivity index (χ0) is 29.4. The summed E-state index contributed by atoms with van der Waals surface area (Å²) in [7, 11) is 0. The lowest BCUT2D eigenvalue weighted by Gasteiger charge is -2.25. The average molecular weight is 600 g/mol. The van der Waals surface area contributed by atoms with Crippen molar-refractivity contribution < 1.29 is 23.7 Å². The van der Waals surface area contributed by atoms with Gasteiger partial charge >= 0.3 is 0 Å². The Balaban J connectivity index is 1.33. The summed E-state index contributed by atoms with van der Waals surface area (Å²) in [5.74, 6) is 0.0497. The maximum Gasteiger partial charge on any atom is 0.232 e.